The summed E-state index contributed by atoms with van der Waals surface area (Å²) >= 11 is 0. The van der Waals surface area contributed by atoms with Gasteiger partial charge in [0.2, 0.25) is 16.9 Å². The predicted molar refractivity (Wildman–Crippen MR) is 119 cm³/mol. The molecule has 1 aliphatic rings. The summed E-state index contributed by atoms with van der Waals surface area (Å²) in [5, 5.41) is 7.86. The van der Waals surface area contributed by atoms with Crippen LogP contribution in [0.3, 0.4) is 0 Å². The summed E-state index contributed by atoms with van der Waals surface area (Å²) in [6.45, 7) is 1.41. The third-order valence-corrected chi connectivity index (χ3v) is 4.75. The fourth-order valence-corrected chi connectivity index (χ4v) is 3.24. The second-order valence-electron chi connectivity index (χ2n) is 7.23. The van der Waals surface area contributed by atoms with E-state index in [2.05, 4.69) is 10.2 Å². The molecule has 0 saturated heterocycles. The molecule has 184 valence electrons. The van der Waals surface area contributed by atoms with Crippen LogP contribution >= 0.6 is 0 Å². The van der Waals surface area contributed by atoms with Gasteiger partial charge in [0.25, 0.3) is 0 Å². The van der Waals surface area contributed by atoms with Crippen molar-refractivity contribution in [3.8, 4) is 22.8 Å². The maximum atomic E-state index is 12.4. The van der Waals surface area contributed by atoms with Gasteiger partial charge in [-0.3, -0.25) is 0 Å². The van der Waals surface area contributed by atoms with Crippen molar-refractivity contribution in [2.24, 2.45) is 0 Å². The average molecular weight is 506 g/mol. The zero-order valence-corrected chi connectivity index (χ0v) is 18.3. The van der Waals surface area contributed by atoms with E-state index in [-0.39, 0.29) is 22.7 Å². The molecule has 0 unspecified atom stereocenters. The van der Waals surface area contributed by atoms with Crippen molar-refractivity contribution >= 4 is 34.3 Å². The van der Waals surface area contributed by atoms with Gasteiger partial charge in [0.1, 0.15) is 11.4 Å². The van der Waals surface area contributed by atoms with Crippen LogP contribution in [0.5, 0.6) is 11.5 Å². The molecular weight excluding hydrogens is 496 g/mol. The minimum atomic E-state index is -1.08. The van der Waals surface area contributed by atoms with Gasteiger partial charge in [-0.15, -0.1) is 5.10 Å². The molecule has 0 aliphatic carbocycles. The number of nitrogens with zero attached hydrogens (tertiary/aromatic N) is 2. The number of hydrogen-bond acceptors (Lipinski definition) is 14. The van der Waals surface area contributed by atoms with E-state index in [1.807, 2.05) is 0 Å². The van der Waals surface area contributed by atoms with Gasteiger partial charge in [0.15, 0.2) is 16.9 Å². The first-order valence-corrected chi connectivity index (χ1v) is 10.1. The van der Waals surface area contributed by atoms with Gasteiger partial charge in [0.05, 0.1) is 5.56 Å². The lowest BCUT2D eigenvalue weighted by Crippen LogP contribution is -2.16. The molecule has 0 spiro atoms. The first kappa shape index (κ1) is 23.1. The molecule has 3 aromatic heterocycles. The van der Waals surface area contributed by atoms with Crippen molar-refractivity contribution in [2.75, 3.05) is 0 Å². The van der Waals surface area contributed by atoms with Gasteiger partial charge < -0.3 is 27.1 Å². The zero-order valence-electron chi connectivity index (χ0n) is 18.3. The lowest BCUT2D eigenvalue weighted by Gasteiger charge is -2.15. The normalized spacial score (nSPS) is 13.6. The van der Waals surface area contributed by atoms with Crippen LogP contribution in [0.15, 0.2) is 79.3 Å². The highest BCUT2D eigenvalue weighted by Gasteiger charge is 2.28. The van der Waals surface area contributed by atoms with E-state index in [0.717, 1.165) is 42.5 Å². The number of aromatic nitrogens is 2. The zero-order chi connectivity index (χ0) is 26.3. The molecule has 0 bridgehead atoms. The Morgan fingerprint density at radius 2 is 1.11 bits per heavy atom. The highest BCUT2D eigenvalue weighted by Crippen LogP contribution is 2.42. The summed E-state index contributed by atoms with van der Waals surface area (Å²) in [6, 6.07) is 4.09. The van der Waals surface area contributed by atoms with Crippen molar-refractivity contribution in [3.63, 3.8) is 0 Å². The Morgan fingerprint density at radius 1 is 0.595 bits per heavy atom. The molecular formula is C23H10N2O12. The Morgan fingerprint density at radius 3 is 1.73 bits per heavy atom. The van der Waals surface area contributed by atoms with Crippen molar-refractivity contribution in [1.82, 2.24) is 10.2 Å². The standard InChI is InChI=1S/C23H10N2O12/c1-9-19-22(36-16(30)6-4-13(27)33-19)18(25-24-9)10-8-11-21(35-15(29)3-2-12(26)32-11)23-20(10)34-14(28)5-7-17(31)37-23/h2-8H,1H3/b3-2?,6-4+,7-5?. The summed E-state index contributed by atoms with van der Waals surface area (Å²) < 4.78 is 31.4. The summed E-state index contributed by atoms with van der Waals surface area (Å²) in [4.78, 5) is 73.2. The minimum absolute atomic E-state index is 0.0428. The van der Waals surface area contributed by atoms with Crippen LogP contribution in [0.1, 0.15) is 5.69 Å². The first-order valence-electron chi connectivity index (χ1n) is 10.1. The number of ether oxygens (including phenoxy) is 2. The topological polar surface area (TPSA) is 199 Å². The Balaban J connectivity index is 2.04. The van der Waals surface area contributed by atoms with E-state index >= 15 is 0 Å². The largest absolute Gasteiger partial charge is 0.419 e. The second kappa shape index (κ2) is 8.84. The van der Waals surface area contributed by atoms with Crippen LogP contribution in [0.25, 0.3) is 33.6 Å². The fourth-order valence-electron chi connectivity index (χ4n) is 3.24. The number of carbonyl (C=O) groups is 2. The average Bonchev–Trinajstić information content (AvgIpc) is 2.83. The maximum Gasteiger partial charge on any atom is 0.336 e. The van der Waals surface area contributed by atoms with E-state index in [1.165, 1.54) is 6.92 Å². The van der Waals surface area contributed by atoms with Gasteiger partial charge in [-0.05, 0) is 13.0 Å². The molecule has 0 radical (unpaired) electrons. The van der Waals surface area contributed by atoms with Crippen molar-refractivity contribution in [3.05, 3.63) is 89.9 Å². The van der Waals surface area contributed by atoms with Crippen LogP contribution in [0.2, 0.25) is 0 Å². The number of fused-ring (bicyclic) bond motifs is 4. The van der Waals surface area contributed by atoms with Gasteiger partial charge in [-0.25, -0.2) is 28.8 Å². The lowest BCUT2D eigenvalue weighted by molar-refractivity contribution is -0.133. The lowest BCUT2D eigenvalue weighted by atomic mass is 10.1. The summed E-state index contributed by atoms with van der Waals surface area (Å²) in [6.07, 6.45) is 1.64. The molecule has 0 N–H and O–H groups in total. The third kappa shape index (κ3) is 4.41. The smallest absolute Gasteiger partial charge is 0.336 e. The van der Waals surface area contributed by atoms with Gasteiger partial charge >= 0.3 is 34.4 Å². The SMILES string of the molecule is Cc1nnc(-c2cc3oc(=O)ccc(=O)oc3c3oc(=O)ccc(=O)oc23)c2c1OC(=O)/C=C/C(=O)O2. The molecule has 1 aromatic carbocycles. The first-order chi connectivity index (χ1) is 17.7. The molecule has 4 aromatic rings. The quantitative estimate of drug-likeness (QED) is 0.332. The number of hydrogen-bond donors (Lipinski definition) is 0. The number of aryl methyl sites for hydroxylation is 1. The number of esters is 2. The predicted octanol–water partition coefficient (Wildman–Crippen LogP) is 1.08. The maximum absolute atomic E-state index is 12.4. The number of rotatable bonds is 1. The fraction of sp³-hybridized carbons (Fsp3) is 0.0435. The van der Waals surface area contributed by atoms with Crippen molar-refractivity contribution < 1.29 is 36.7 Å². The monoisotopic (exact) mass is 506 g/mol. The number of benzene rings is 1. The van der Waals surface area contributed by atoms with Crippen LogP contribution in [0.4, 0.5) is 0 Å². The van der Waals surface area contributed by atoms with Crippen LogP contribution in [0, 0.1) is 6.92 Å². The van der Waals surface area contributed by atoms with Crippen LogP contribution < -0.4 is 32.0 Å². The molecule has 0 fully saturated rings. The Bertz CT molecular complexity index is 1980. The van der Waals surface area contributed by atoms with E-state index < -0.39 is 62.5 Å². The number of carbonyl (C=O) groups excluding carboxylic acids is 2. The molecule has 0 amide bonds. The minimum Gasteiger partial charge on any atom is -0.419 e. The Kier molecular flexibility index (Phi) is 5.52. The Hall–Kier alpha value is -5.66. The second-order valence-corrected chi connectivity index (χ2v) is 7.23. The molecule has 4 heterocycles. The van der Waals surface area contributed by atoms with E-state index in [0.29, 0.717) is 0 Å². The summed E-state index contributed by atoms with van der Waals surface area (Å²) in [7, 11) is 0. The molecule has 0 saturated carbocycles. The van der Waals surface area contributed by atoms with E-state index in [4.69, 9.17) is 27.1 Å². The highest BCUT2D eigenvalue weighted by atomic mass is 16.6. The molecule has 5 rings (SSSR count). The van der Waals surface area contributed by atoms with Gasteiger partial charge in [0, 0.05) is 36.4 Å². The van der Waals surface area contributed by atoms with E-state index in [1.54, 1.807) is 0 Å². The molecule has 1 aliphatic heterocycles. The molecule has 14 nitrogen and oxygen atoms in total. The van der Waals surface area contributed by atoms with Crippen molar-refractivity contribution in [1.29, 1.82) is 0 Å². The summed E-state index contributed by atoms with van der Waals surface area (Å²) in [5.41, 5.74) is -7.00. The van der Waals surface area contributed by atoms with Gasteiger partial charge in [-0.2, -0.15) is 5.10 Å². The van der Waals surface area contributed by atoms with Crippen LogP contribution in [-0.4, -0.2) is 22.1 Å². The van der Waals surface area contributed by atoms with Crippen molar-refractivity contribution in [2.45, 2.75) is 6.92 Å². The van der Waals surface area contributed by atoms with Crippen LogP contribution in [-0.2, 0) is 9.59 Å². The highest BCUT2D eigenvalue weighted by molar-refractivity contribution is 6.04. The van der Waals surface area contributed by atoms with Gasteiger partial charge in [-0.1, -0.05) is 0 Å². The summed E-state index contributed by atoms with van der Waals surface area (Å²) in [5.74, 6) is -2.64. The third-order valence-electron chi connectivity index (χ3n) is 4.75. The Labute approximate surface area is 201 Å². The van der Waals surface area contributed by atoms with E-state index in [9.17, 15) is 28.8 Å². The molecule has 14 heteroatoms. The molecule has 37 heavy (non-hydrogen) atoms. The molecule has 0 atom stereocenters.